The maximum Gasteiger partial charge on any atom is 0.276 e. The summed E-state index contributed by atoms with van der Waals surface area (Å²) >= 11 is 0. The van der Waals surface area contributed by atoms with Crippen molar-refractivity contribution in [3.63, 3.8) is 0 Å². The molecule has 28 heavy (non-hydrogen) atoms. The average molecular weight is 383 g/mol. The summed E-state index contributed by atoms with van der Waals surface area (Å²) in [6, 6.07) is 7.20. The third kappa shape index (κ3) is 3.36. The van der Waals surface area contributed by atoms with Gasteiger partial charge in [0.2, 0.25) is 0 Å². The van der Waals surface area contributed by atoms with Crippen molar-refractivity contribution >= 4 is 22.5 Å². The Kier molecular flexibility index (Phi) is 4.82. The molecule has 0 unspecified atom stereocenters. The molecule has 4 rings (SSSR count). The minimum atomic E-state index is -0.163. The Balaban J connectivity index is 1.48. The number of hydrogen-bond acceptors (Lipinski definition) is 7. The molecule has 0 spiro atoms. The molecule has 9 heteroatoms. The van der Waals surface area contributed by atoms with Gasteiger partial charge in [0.25, 0.3) is 11.5 Å². The number of aryl methyl sites for hydroxylation is 1. The average Bonchev–Trinajstić information content (AvgIpc) is 3.16. The second kappa shape index (κ2) is 7.43. The van der Waals surface area contributed by atoms with Gasteiger partial charge in [0.05, 0.1) is 30.4 Å². The minimum Gasteiger partial charge on any atom is -0.395 e. The lowest BCUT2D eigenvalue weighted by Crippen LogP contribution is -2.48. The van der Waals surface area contributed by atoms with E-state index in [1.54, 1.807) is 24.0 Å². The van der Waals surface area contributed by atoms with E-state index in [0.717, 1.165) is 5.69 Å². The molecule has 1 N–H and O–H groups in total. The Labute approximate surface area is 160 Å². The molecule has 2 aromatic heterocycles. The monoisotopic (exact) mass is 383 g/mol. The summed E-state index contributed by atoms with van der Waals surface area (Å²) in [5, 5.41) is 13.4. The normalized spacial score (nSPS) is 14.6. The highest BCUT2D eigenvalue weighted by Gasteiger charge is 2.24. The molecule has 1 aliphatic rings. The second-order valence-electron chi connectivity index (χ2n) is 6.77. The lowest BCUT2D eigenvalue weighted by molar-refractivity contribution is 0.0736. The van der Waals surface area contributed by atoms with Gasteiger partial charge in [-0.15, -0.1) is 0 Å². The molecule has 0 bridgehead atoms. The predicted molar refractivity (Wildman–Crippen MR) is 102 cm³/mol. The van der Waals surface area contributed by atoms with Gasteiger partial charge in [0, 0.05) is 37.9 Å². The number of rotatable bonds is 4. The molecule has 1 aliphatic heterocycles. The van der Waals surface area contributed by atoms with E-state index in [1.165, 1.54) is 10.9 Å². The maximum atomic E-state index is 12.5. The van der Waals surface area contributed by atoms with E-state index < -0.39 is 0 Å². The van der Waals surface area contributed by atoms with E-state index in [9.17, 15) is 9.59 Å². The number of piperazine rings is 1. The molecule has 1 fully saturated rings. The number of fused-ring (bicyclic) bond motifs is 1. The predicted octanol–water partition coefficient (Wildman–Crippen LogP) is 0.648. The van der Waals surface area contributed by atoms with Crippen LogP contribution in [-0.4, -0.2) is 63.4 Å². The Morgan fingerprint density at radius 1 is 1.21 bits per heavy atom. The summed E-state index contributed by atoms with van der Waals surface area (Å²) in [5.41, 5.74) is 1.75. The van der Waals surface area contributed by atoms with Crippen molar-refractivity contribution in [2.45, 2.75) is 13.5 Å². The van der Waals surface area contributed by atoms with Crippen molar-refractivity contribution in [2.24, 2.45) is 0 Å². The van der Waals surface area contributed by atoms with Crippen LogP contribution < -0.4 is 10.5 Å². The first-order chi connectivity index (χ1) is 13.6. The van der Waals surface area contributed by atoms with E-state index in [0.29, 0.717) is 48.5 Å². The van der Waals surface area contributed by atoms with E-state index >= 15 is 0 Å². The molecule has 3 heterocycles. The second-order valence-corrected chi connectivity index (χ2v) is 6.77. The molecule has 1 saturated heterocycles. The smallest absolute Gasteiger partial charge is 0.276 e. The number of carbonyl (C=O) groups is 1. The topological polar surface area (TPSA) is 105 Å². The van der Waals surface area contributed by atoms with Crippen LogP contribution in [0.5, 0.6) is 0 Å². The van der Waals surface area contributed by atoms with Gasteiger partial charge in [-0.25, -0.2) is 4.98 Å². The first-order valence-corrected chi connectivity index (χ1v) is 9.14. The molecule has 0 radical (unpaired) electrons. The SMILES string of the molecule is Cc1cc(C(=O)N2CCN(c3ccc4c(=O)n(CCO)cnc4c3)CC2)no1. The van der Waals surface area contributed by atoms with Crippen LogP contribution in [0.2, 0.25) is 0 Å². The summed E-state index contributed by atoms with van der Waals surface area (Å²) in [4.78, 5) is 33.1. The van der Waals surface area contributed by atoms with E-state index in [4.69, 9.17) is 9.63 Å². The van der Waals surface area contributed by atoms with Gasteiger partial charge in [-0.2, -0.15) is 0 Å². The molecule has 0 aliphatic carbocycles. The van der Waals surface area contributed by atoms with E-state index in [2.05, 4.69) is 15.0 Å². The number of anilines is 1. The molecule has 1 aromatic carbocycles. The van der Waals surface area contributed by atoms with Gasteiger partial charge in [0.1, 0.15) is 5.76 Å². The number of aliphatic hydroxyl groups is 1. The van der Waals surface area contributed by atoms with Crippen LogP contribution in [0, 0.1) is 6.92 Å². The number of benzene rings is 1. The lowest BCUT2D eigenvalue weighted by atomic mass is 10.2. The number of carbonyl (C=O) groups excluding carboxylic acids is 1. The standard InChI is InChI=1S/C19H21N5O4/c1-13-10-17(21-28-13)19(27)23-6-4-22(5-7-23)14-2-3-15-16(11-14)20-12-24(8-9-25)18(15)26/h2-3,10-12,25H,4-9H2,1H3. The molecular weight excluding hydrogens is 362 g/mol. The molecular formula is C19H21N5O4. The largest absolute Gasteiger partial charge is 0.395 e. The quantitative estimate of drug-likeness (QED) is 0.705. The highest BCUT2D eigenvalue weighted by Crippen LogP contribution is 2.21. The maximum absolute atomic E-state index is 12.5. The summed E-state index contributed by atoms with van der Waals surface area (Å²) < 4.78 is 6.39. The van der Waals surface area contributed by atoms with E-state index in [1.807, 2.05) is 12.1 Å². The number of nitrogens with zero attached hydrogens (tertiary/aromatic N) is 5. The summed E-state index contributed by atoms with van der Waals surface area (Å²) in [7, 11) is 0. The fraction of sp³-hybridized carbons (Fsp3) is 0.368. The molecule has 1 amide bonds. The molecule has 3 aromatic rings. The Hall–Kier alpha value is -3.20. The third-order valence-corrected chi connectivity index (χ3v) is 4.93. The lowest BCUT2D eigenvalue weighted by Gasteiger charge is -2.35. The fourth-order valence-corrected chi connectivity index (χ4v) is 3.41. The van der Waals surface area contributed by atoms with Crippen molar-refractivity contribution in [2.75, 3.05) is 37.7 Å². The highest BCUT2D eigenvalue weighted by atomic mass is 16.5. The van der Waals surface area contributed by atoms with Crippen LogP contribution in [0.4, 0.5) is 5.69 Å². The van der Waals surface area contributed by atoms with Gasteiger partial charge >= 0.3 is 0 Å². The number of aromatic nitrogens is 3. The third-order valence-electron chi connectivity index (χ3n) is 4.93. The summed E-state index contributed by atoms with van der Waals surface area (Å²) in [5.74, 6) is 0.491. The zero-order valence-electron chi connectivity index (χ0n) is 15.5. The number of amides is 1. The Morgan fingerprint density at radius 2 is 2.00 bits per heavy atom. The van der Waals surface area contributed by atoms with Gasteiger partial charge in [-0.3, -0.25) is 14.2 Å². The molecule has 0 saturated carbocycles. The van der Waals surface area contributed by atoms with Crippen molar-refractivity contribution in [3.05, 3.63) is 52.4 Å². The summed E-state index contributed by atoms with van der Waals surface area (Å²) in [6.45, 7) is 4.38. The molecule has 0 atom stereocenters. The zero-order chi connectivity index (χ0) is 19.7. The molecule has 9 nitrogen and oxygen atoms in total. The van der Waals surface area contributed by atoms with E-state index in [-0.39, 0.29) is 24.6 Å². The van der Waals surface area contributed by atoms with Crippen LogP contribution in [0.1, 0.15) is 16.2 Å². The number of hydrogen-bond donors (Lipinski definition) is 1. The summed E-state index contributed by atoms with van der Waals surface area (Å²) in [6.07, 6.45) is 1.46. The van der Waals surface area contributed by atoms with Gasteiger partial charge in [-0.1, -0.05) is 5.16 Å². The van der Waals surface area contributed by atoms with Crippen LogP contribution >= 0.6 is 0 Å². The highest BCUT2D eigenvalue weighted by molar-refractivity contribution is 5.92. The van der Waals surface area contributed by atoms with Gasteiger partial charge in [-0.05, 0) is 25.1 Å². The van der Waals surface area contributed by atoms with Crippen LogP contribution in [-0.2, 0) is 6.54 Å². The van der Waals surface area contributed by atoms with Crippen molar-refractivity contribution in [1.82, 2.24) is 19.6 Å². The van der Waals surface area contributed by atoms with Crippen LogP contribution in [0.15, 0.2) is 39.9 Å². The Morgan fingerprint density at radius 3 is 2.68 bits per heavy atom. The van der Waals surface area contributed by atoms with Crippen molar-refractivity contribution < 1.29 is 14.4 Å². The van der Waals surface area contributed by atoms with Gasteiger partial charge in [0.15, 0.2) is 5.69 Å². The molecule has 146 valence electrons. The van der Waals surface area contributed by atoms with Gasteiger partial charge < -0.3 is 19.4 Å². The van der Waals surface area contributed by atoms with Crippen LogP contribution in [0.3, 0.4) is 0 Å². The first kappa shape index (κ1) is 18.2. The number of aliphatic hydroxyl groups excluding tert-OH is 1. The first-order valence-electron chi connectivity index (χ1n) is 9.14. The minimum absolute atomic E-state index is 0.109. The van der Waals surface area contributed by atoms with Crippen molar-refractivity contribution in [3.8, 4) is 0 Å². The Bertz CT molecular complexity index is 1070. The van der Waals surface area contributed by atoms with Crippen molar-refractivity contribution in [1.29, 1.82) is 0 Å². The van der Waals surface area contributed by atoms with Crippen LogP contribution in [0.25, 0.3) is 10.9 Å². The fourth-order valence-electron chi connectivity index (χ4n) is 3.41. The zero-order valence-corrected chi connectivity index (χ0v) is 15.5.